The second kappa shape index (κ2) is 8.28. The number of halogens is 1. The Morgan fingerprint density at radius 1 is 1.15 bits per heavy atom. The molecule has 0 aliphatic rings. The molecular weight excluding hydrogens is 375 g/mol. The number of esters is 1. The summed E-state index contributed by atoms with van der Waals surface area (Å²) in [6.07, 6.45) is 0. The van der Waals surface area contributed by atoms with Crippen LogP contribution in [0.5, 0.6) is 0 Å². The van der Waals surface area contributed by atoms with E-state index in [9.17, 15) is 22.4 Å². The maximum Gasteiger partial charge on any atom is 0.341 e. The quantitative estimate of drug-likeness (QED) is 0.749. The van der Waals surface area contributed by atoms with Gasteiger partial charge in [-0.1, -0.05) is 29.8 Å². The van der Waals surface area contributed by atoms with Crippen LogP contribution in [0.2, 0.25) is 0 Å². The number of hydrogen-bond donors (Lipinski definition) is 1. The smallest absolute Gasteiger partial charge is 0.341 e. The number of carbonyl (C=O) groups excluding carboxylic acids is 2. The Kier molecular flexibility index (Phi) is 6.29. The molecule has 2 aromatic rings. The molecule has 0 radical (unpaired) electrons. The van der Waals surface area contributed by atoms with Crippen LogP contribution in [0.4, 0.5) is 4.39 Å². The standard InChI is InChI=1S/C18H19FN2O5S/c1-12-3-5-13(6-4-12)10-21(2)17(22)11-26-18(23)15-9-14(27(20,24)25)7-8-16(15)19/h3-9H,10-11H2,1-2H3,(H2,20,24,25). The lowest BCUT2D eigenvalue weighted by atomic mass is 10.1. The topological polar surface area (TPSA) is 107 Å². The lowest BCUT2D eigenvalue weighted by molar-refractivity contribution is -0.133. The minimum absolute atomic E-state index is 0.311. The third-order valence-electron chi connectivity index (χ3n) is 3.78. The predicted molar refractivity (Wildman–Crippen MR) is 95.7 cm³/mol. The Labute approximate surface area is 156 Å². The summed E-state index contributed by atoms with van der Waals surface area (Å²) in [5, 5.41) is 4.96. The maximum atomic E-state index is 13.8. The number of rotatable bonds is 6. The molecule has 0 saturated heterocycles. The third kappa shape index (κ3) is 5.60. The first-order valence-electron chi connectivity index (χ1n) is 7.87. The lowest BCUT2D eigenvalue weighted by Crippen LogP contribution is -2.31. The van der Waals surface area contributed by atoms with Gasteiger partial charge in [-0.05, 0) is 30.7 Å². The first kappa shape index (κ1) is 20.5. The molecule has 1 amide bonds. The number of likely N-dealkylation sites (N-methyl/N-ethyl adjacent to an activating group) is 1. The lowest BCUT2D eigenvalue weighted by Gasteiger charge is -2.17. The molecule has 0 heterocycles. The number of hydrogen-bond acceptors (Lipinski definition) is 5. The first-order valence-corrected chi connectivity index (χ1v) is 9.41. The zero-order valence-corrected chi connectivity index (χ0v) is 15.6. The van der Waals surface area contributed by atoms with Crippen LogP contribution in [0.1, 0.15) is 21.5 Å². The van der Waals surface area contributed by atoms with Gasteiger partial charge in [0.2, 0.25) is 10.0 Å². The Bertz CT molecular complexity index is 958. The van der Waals surface area contributed by atoms with E-state index in [2.05, 4.69) is 0 Å². The number of sulfonamides is 1. The van der Waals surface area contributed by atoms with Gasteiger partial charge in [-0.25, -0.2) is 22.7 Å². The zero-order valence-electron chi connectivity index (χ0n) is 14.8. The minimum Gasteiger partial charge on any atom is -0.452 e. The summed E-state index contributed by atoms with van der Waals surface area (Å²) < 4.78 is 41.2. The van der Waals surface area contributed by atoms with Gasteiger partial charge in [0.05, 0.1) is 10.5 Å². The van der Waals surface area contributed by atoms with E-state index in [4.69, 9.17) is 9.88 Å². The number of amides is 1. The van der Waals surface area contributed by atoms with Crippen molar-refractivity contribution in [2.24, 2.45) is 5.14 Å². The normalized spacial score (nSPS) is 11.1. The van der Waals surface area contributed by atoms with Crippen LogP contribution in [0.25, 0.3) is 0 Å². The van der Waals surface area contributed by atoms with Gasteiger partial charge in [0.25, 0.3) is 5.91 Å². The highest BCUT2D eigenvalue weighted by atomic mass is 32.2. The average molecular weight is 394 g/mol. The number of nitrogens with two attached hydrogens (primary N) is 1. The van der Waals surface area contributed by atoms with Crippen molar-refractivity contribution < 1.29 is 27.1 Å². The molecule has 2 aromatic carbocycles. The highest BCUT2D eigenvalue weighted by Gasteiger charge is 2.20. The van der Waals surface area contributed by atoms with Crippen molar-refractivity contribution in [2.45, 2.75) is 18.4 Å². The van der Waals surface area contributed by atoms with Crippen molar-refractivity contribution in [3.8, 4) is 0 Å². The van der Waals surface area contributed by atoms with Crippen LogP contribution in [0.15, 0.2) is 47.4 Å². The maximum absolute atomic E-state index is 13.8. The third-order valence-corrected chi connectivity index (χ3v) is 4.69. The number of ether oxygens (including phenoxy) is 1. The Morgan fingerprint density at radius 2 is 1.78 bits per heavy atom. The summed E-state index contributed by atoms with van der Waals surface area (Å²) in [6.45, 7) is 1.65. The van der Waals surface area contributed by atoms with Crippen LogP contribution in [-0.2, 0) is 26.1 Å². The summed E-state index contributed by atoms with van der Waals surface area (Å²) in [6, 6.07) is 10.1. The fraction of sp³-hybridized carbons (Fsp3) is 0.222. The molecule has 0 atom stereocenters. The molecule has 0 bridgehead atoms. The van der Waals surface area contributed by atoms with Crippen molar-refractivity contribution in [1.82, 2.24) is 4.90 Å². The molecule has 9 heteroatoms. The van der Waals surface area contributed by atoms with E-state index < -0.39 is 44.8 Å². The van der Waals surface area contributed by atoms with Gasteiger partial charge in [0.15, 0.2) is 6.61 Å². The molecular formula is C18H19FN2O5S. The van der Waals surface area contributed by atoms with Crippen LogP contribution < -0.4 is 5.14 Å². The summed E-state index contributed by atoms with van der Waals surface area (Å²) in [7, 11) is -2.57. The van der Waals surface area contributed by atoms with Crippen molar-refractivity contribution >= 4 is 21.9 Å². The molecule has 0 unspecified atom stereocenters. The SMILES string of the molecule is Cc1ccc(CN(C)C(=O)COC(=O)c2cc(S(N)(=O)=O)ccc2F)cc1. The van der Waals surface area contributed by atoms with E-state index in [-0.39, 0.29) is 0 Å². The molecule has 0 aliphatic heterocycles. The Morgan fingerprint density at radius 3 is 2.37 bits per heavy atom. The van der Waals surface area contributed by atoms with Gasteiger partial charge in [-0.15, -0.1) is 0 Å². The highest BCUT2D eigenvalue weighted by Crippen LogP contribution is 2.15. The van der Waals surface area contributed by atoms with Crippen LogP contribution in [0.3, 0.4) is 0 Å². The van der Waals surface area contributed by atoms with Gasteiger partial charge in [0, 0.05) is 13.6 Å². The minimum atomic E-state index is -4.11. The highest BCUT2D eigenvalue weighted by molar-refractivity contribution is 7.89. The van der Waals surface area contributed by atoms with Gasteiger partial charge in [-0.3, -0.25) is 4.79 Å². The second-order valence-corrected chi connectivity index (χ2v) is 7.56. The second-order valence-electron chi connectivity index (χ2n) is 6.00. The number of primary sulfonamides is 1. The van der Waals surface area contributed by atoms with Crippen molar-refractivity contribution in [1.29, 1.82) is 0 Å². The number of carbonyl (C=O) groups is 2. The largest absolute Gasteiger partial charge is 0.452 e. The molecule has 0 aliphatic carbocycles. The summed E-state index contributed by atoms with van der Waals surface area (Å²) in [5.74, 6) is -2.63. The molecule has 0 aromatic heterocycles. The molecule has 144 valence electrons. The number of benzene rings is 2. The van der Waals surface area contributed by atoms with Crippen LogP contribution in [0, 0.1) is 12.7 Å². The predicted octanol–water partition coefficient (Wildman–Crippen LogP) is 1.60. The van der Waals surface area contributed by atoms with Crippen molar-refractivity contribution in [3.63, 3.8) is 0 Å². The molecule has 0 saturated carbocycles. The number of nitrogens with zero attached hydrogens (tertiary/aromatic N) is 1. The van der Waals surface area contributed by atoms with Gasteiger partial charge < -0.3 is 9.64 Å². The Hall–Kier alpha value is -2.78. The van der Waals surface area contributed by atoms with E-state index in [0.29, 0.717) is 6.54 Å². The van der Waals surface area contributed by atoms with Gasteiger partial charge in [-0.2, -0.15) is 0 Å². The molecule has 2 rings (SSSR count). The molecule has 7 nitrogen and oxygen atoms in total. The van der Waals surface area contributed by atoms with Crippen molar-refractivity contribution in [3.05, 3.63) is 65.0 Å². The first-order chi connectivity index (χ1) is 12.6. The average Bonchev–Trinajstić information content (AvgIpc) is 2.60. The van der Waals surface area contributed by atoms with Crippen LogP contribution >= 0.6 is 0 Å². The molecule has 0 spiro atoms. The van der Waals surface area contributed by atoms with E-state index in [1.54, 1.807) is 0 Å². The van der Waals surface area contributed by atoms with Gasteiger partial charge in [0.1, 0.15) is 5.82 Å². The van der Waals surface area contributed by atoms with E-state index in [1.165, 1.54) is 11.9 Å². The van der Waals surface area contributed by atoms with Crippen LogP contribution in [-0.4, -0.2) is 38.8 Å². The molecule has 27 heavy (non-hydrogen) atoms. The van der Waals surface area contributed by atoms with E-state index in [1.807, 2.05) is 31.2 Å². The molecule has 0 fully saturated rings. The fourth-order valence-electron chi connectivity index (χ4n) is 2.21. The summed E-state index contributed by atoms with van der Waals surface area (Å²) in [4.78, 5) is 25.0. The monoisotopic (exact) mass is 394 g/mol. The number of aryl methyl sites for hydroxylation is 1. The molecule has 2 N–H and O–H groups in total. The van der Waals surface area contributed by atoms with E-state index in [0.717, 1.165) is 29.3 Å². The summed E-state index contributed by atoms with van der Waals surface area (Å²) in [5.41, 5.74) is 1.37. The van der Waals surface area contributed by atoms with Crippen molar-refractivity contribution in [2.75, 3.05) is 13.7 Å². The Balaban J connectivity index is 2.00. The van der Waals surface area contributed by atoms with E-state index >= 15 is 0 Å². The van der Waals surface area contributed by atoms with Gasteiger partial charge >= 0.3 is 5.97 Å². The summed E-state index contributed by atoms with van der Waals surface area (Å²) >= 11 is 0. The zero-order chi connectivity index (χ0) is 20.2. The fourth-order valence-corrected chi connectivity index (χ4v) is 2.75.